The van der Waals surface area contributed by atoms with E-state index in [2.05, 4.69) is 4.72 Å². The summed E-state index contributed by atoms with van der Waals surface area (Å²) in [6, 6.07) is 6.67. The van der Waals surface area contributed by atoms with E-state index in [0.717, 1.165) is 5.56 Å². The second kappa shape index (κ2) is 5.38. The van der Waals surface area contributed by atoms with Crippen molar-refractivity contribution in [3.63, 3.8) is 0 Å². The highest BCUT2D eigenvalue weighted by atomic mass is 32.2. The molecule has 1 unspecified atom stereocenters. The molecule has 0 radical (unpaired) electrons. The Morgan fingerprint density at radius 1 is 1.28 bits per heavy atom. The molecule has 0 saturated carbocycles. The minimum Gasteiger partial charge on any atom is -0.390 e. The molecule has 2 N–H and O–H groups in total. The van der Waals surface area contributed by atoms with Gasteiger partial charge in [0.2, 0.25) is 10.0 Å². The normalized spacial score (nSPS) is 14.5. The van der Waals surface area contributed by atoms with Gasteiger partial charge in [-0.25, -0.2) is 13.1 Å². The van der Waals surface area contributed by atoms with Crippen LogP contribution >= 0.6 is 0 Å². The highest BCUT2D eigenvalue weighted by Crippen LogP contribution is 2.16. The minimum absolute atomic E-state index is 0.169. The van der Waals surface area contributed by atoms with E-state index < -0.39 is 15.6 Å². The van der Waals surface area contributed by atoms with Crippen LogP contribution < -0.4 is 4.72 Å². The van der Waals surface area contributed by atoms with Gasteiger partial charge in [-0.05, 0) is 38.8 Å². The molecule has 1 aromatic carbocycles. The SMILES string of the molecule is Cc1ccc(S(=O)(=O)NCC(C)C(C)(C)O)cc1. The molecule has 5 heteroatoms. The van der Waals surface area contributed by atoms with E-state index in [1.807, 2.05) is 6.92 Å². The number of hydrogen-bond acceptors (Lipinski definition) is 3. The molecule has 1 rings (SSSR count). The third-order valence-corrected chi connectivity index (χ3v) is 4.56. The average molecular weight is 271 g/mol. The van der Waals surface area contributed by atoms with E-state index in [9.17, 15) is 13.5 Å². The van der Waals surface area contributed by atoms with E-state index in [1.165, 1.54) is 0 Å². The predicted molar refractivity (Wildman–Crippen MR) is 71.8 cm³/mol. The van der Waals surface area contributed by atoms with Crippen LogP contribution in [0.1, 0.15) is 26.3 Å². The van der Waals surface area contributed by atoms with E-state index in [0.29, 0.717) is 0 Å². The lowest BCUT2D eigenvalue weighted by molar-refractivity contribution is 0.0273. The summed E-state index contributed by atoms with van der Waals surface area (Å²) in [6.07, 6.45) is 0. The van der Waals surface area contributed by atoms with Crippen molar-refractivity contribution in [3.05, 3.63) is 29.8 Å². The maximum Gasteiger partial charge on any atom is 0.240 e. The number of aliphatic hydroxyl groups is 1. The van der Waals surface area contributed by atoms with Crippen molar-refractivity contribution in [1.82, 2.24) is 4.72 Å². The van der Waals surface area contributed by atoms with Crippen LogP contribution in [0, 0.1) is 12.8 Å². The number of rotatable bonds is 5. The molecular weight excluding hydrogens is 250 g/mol. The third kappa shape index (κ3) is 4.08. The summed E-state index contributed by atoms with van der Waals surface area (Å²) in [5.74, 6) is -0.169. The zero-order chi connectivity index (χ0) is 14.0. The van der Waals surface area contributed by atoms with Gasteiger partial charge in [-0.3, -0.25) is 0 Å². The van der Waals surface area contributed by atoms with Crippen LogP contribution in [0.2, 0.25) is 0 Å². The van der Waals surface area contributed by atoms with Crippen LogP contribution in [0.15, 0.2) is 29.2 Å². The summed E-state index contributed by atoms with van der Waals surface area (Å²) in [7, 11) is -3.49. The zero-order valence-corrected chi connectivity index (χ0v) is 12.1. The van der Waals surface area contributed by atoms with Crippen LogP contribution in [0.4, 0.5) is 0 Å². The molecule has 0 aliphatic heterocycles. The average Bonchev–Trinajstić information content (AvgIpc) is 2.25. The Kier molecular flexibility index (Phi) is 4.53. The predicted octanol–water partition coefficient (Wildman–Crippen LogP) is 1.68. The largest absolute Gasteiger partial charge is 0.390 e. The van der Waals surface area contributed by atoms with Gasteiger partial charge in [-0.2, -0.15) is 0 Å². The van der Waals surface area contributed by atoms with Gasteiger partial charge < -0.3 is 5.11 Å². The monoisotopic (exact) mass is 271 g/mol. The highest BCUT2D eigenvalue weighted by molar-refractivity contribution is 7.89. The Labute approximate surface area is 109 Å². The summed E-state index contributed by atoms with van der Waals surface area (Å²) in [5.41, 5.74) is 0.106. The first-order valence-corrected chi connectivity index (χ1v) is 7.40. The molecule has 0 heterocycles. The smallest absolute Gasteiger partial charge is 0.240 e. The van der Waals surface area contributed by atoms with E-state index >= 15 is 0 Å². The van der Waals surface area contributed by atoms with Crippen molar-refractivity contribution in [2.24, 2.45) is 5.92 Å². The lowest BCUT2D eigenvalue weighted by Gasteiger charge is -2.25. The summed E-state index contributed by atoms with van der Waals surface area (Å²) in [4.78, 5) is 0.246. The lowest BCUT2D eigenvalue weighted by atomic mass is 9.93. The Bertz CT molecular complexity index is 486. The molecule has 0 aliphatic carbocycles. The molecule has 0 bridgehead atoms. The van der Waals surface area contributed by atoms with Gasteiger partial charge in [0.15, 0.2) is 0 Å². The molecule has 0 aliphatic rings. The fourth-order valence-electron chi connectivity index (χ4n) is 1.29. The van der Waals surface area contributed by atoms with Gasteiger partial charge in [-0.15, -0.1) is 0 Å². The van der Waals surface area contributed by atoms with Gasteiger partial charge in [-0.1, -0.05) is 24.6 Å². The van der Waals surface area contributed by atoms with E-state index in [1.54, 1.807) is 45.0 Å². The molecular formula is C13H21NO3S. The van der Waals surface area contributed by atoms with Gasteiger partial charge >= 0.3 is 0 Å². The first kappa shape index (κ1) is 15.1. The van der Waals surface area contributed by atoms with Crippen molar-refractivity contribution in [1.29, 1.82) is 0 Å². The Balaban J connectivity index is 2.75. The van der Waals surface area contributed by atoms with Crippen molar-refractivity contribution in [3.8, 4) is 0 Å². The van der Waals surface area contributed by atoms with E-state index in [4.69, 9.17) is 0 Å². The molecule has 0 spiro atoms. The molecule has 1 atom stereocenters. The summed E-state index contributed by atoms with van der Waals surface area (Å²) in [6.45, 7) is 7.24. The molecule has 18 heavy (non-hydrogen) atoms. The number of nitrogens with one attached hydrogen (secondary N) is 1. The number of benzene rings is 1. The fourth-order valence-corrected chi connectivity index (χ4v) is 2.42. The molecule has 0 saturated heterocycles. The molecule has 0 aromatic heterocycles. The Hall–Kier alpha value is -0.910. The second-order valence-electron chi connectivity index (χ2n) is 5.22. The third-order valence-electron chi connectivity index (χ3n) is 3.12. The second-order valence-corrected chi connectivity index (χ2v) is 6.99. The number of aryl methyl sites for hydroxylation is 1. The lowest BCUT2D eigenvalue weighted by Crippen LogP contribution is -2.38. The Morgan fingerprint density at radius 2 is 1.78 bits per heavy atom. The van der Waals surface area contributed by atoms with Crippen molar-refractivity contribution < 1.29 is 13.5 Å². The maximum absolute atomic E-state index is 12.0. The standard InChI is InChI=1S/C13H21NO3S/c1-10-5-7-12(8-6-10)18(16,17)14-9-11(2)13(3,4)15/h5-8,11,14-15H,9H2,1-4H3. The quantitative estimate of drug-likeness (QED) is 0.856. The van der Waals surface area contributed by atoms with Crippen molar-refractivity contribution in [2.45, 2.75) is 38.2 Å². The maximum atomic E-state index is 12.0. The summed E-state index contributed by atoms with van der Waals surface area (Å²) < 4.78 is 26.5. The zero-order valence-electron chi connectivity index (χ0n) is 11.3. The Morgan fingerprint density at radius 3 is 2.22 bits per heavy atom. The van der Waals surface area contributed by atoms with Gasteiger partial charge in [0.25, 0.3) is 0 Å². The van der Waals surface area contributed by atoms with Crippen LogP contribution in [-0.4, -0.2) is 25.7 Å². The van der Waals surface area contributed by atoms with Gasteiger partial charge in [0, 0.05) is 6.54 Å². The van der Waals surface area contributed by atoms with Crippen LogP contribution in [0.5, 0.6) is 0 Å². The van der Waals surface area contributed by atoms with E-state index in [-0.39, 0.29) is 17.4 Å². The first-order valence-electron chi connectivity index (χ1n) is 5.91. The van der Waals surface area contributed by atoms with Crippen molar-refractivity contribution >= 4 is 10.0 Å². The number of hydrogen-bond donors (Lipinski definition) is 2. The first-order chi connectivity index (χ1) is 8.13. The van der Waals surface area contributed by atoms with Crippen LogP contribution in [0.25, 0.3) is 0 Å². The topological polar surface area (TPSA) is 66.4 Å². The molecule has 4 nitrogen and oxygen atoms in total. The molecule has 0 fully saturated rings. The fraction of sp³-hybridized carbons (Fsp3) is 0.538. The number of sulfonamides is 1. The molecule has 1 aromatic rings. The van der Waals surface area contributed by atoms with Crippen LogP contribution in [0.3, 0.4) is 0 Å². The molecule has 0 amide bonds. The molecule has 102 valence electrons. The summed E-state index contributed by atoms with van der Waals surface area (Å²) in [5, 5.41) is 9.76. The summed E-state index contributed by atoms with van der Waals surface area (Å²) >= 11 is 0. The minimum atomic E-state index is -3.49. The van der Waals surface area contributed by atoms with Crippen LogP contribution in [-0.2, 0) is 10.0 Å². The van der Waals surface area contributed by atoms with Gasteiger partial charge in [0.1, 0.15) is 0 Å². The van der Waals surface area contributed by atoms with Gasteiger partial charge in [0.05, 0.1) is 10.5 Å². The highest BCUT2D eigenvalue weighted by Gasteiger charge is 2.24. The van der Waals surface area contributed by atoms with Crippen molar-refractivity contribution in [2.75, 3.05) is 6.54 Å².